The molecule has 2 aromatic rings. The molecule has 2 aliphatic rings. The van der Waals surface area contributed by atoms with Crippen LogP contribution in [0.4, 0.5) is 5.69 Å². The Morgan fingerprint density at radius 1 is 1.14 bits per heavy atom. The molecule has 1 aliphatic heterocycles. The second-order valence-corrected chi connectivity index (χ2v) is 9.08. The number of thioether (sulfide) groups is 1. The molecule has 2 aromatic carbocycles. The number of fused-ring (bicyclic) bond motifs is 1. The maximum absolute atomic E-state index is 12.9. The Kier molecular flexibility index (Phi) is 5.74. The lowest BCUT2D eigenvalue weighted by atomic mass is 9.75. The van der Waals surface area contributed by atoms with Crippen LogP contribution in [0.5, 0.6) is 11.5 Å². The molecule has 0 aromatic heterocycles. The maximum Gasteiger partial charge on any atom is 0.231 e. The molecule has 4 rings (SSSR count). The zero-order chi connectivity index (χ0) is 19.6. The molecule has 1 heterocycles. The van der Waals surface area contributed by atoms with E-state index in [1.165, 1.54) is 6.42 Å². The number of benzene rings is 2. The van der Waals surface area contributed by atoms with Crippen molar-refractivity contribution >= 4 is 35.0 Å². The first kappa shape index (κ1) is 19.5. The molecule has 0 atom stereocenters. The summed E-state index contributed by atoms with van der Waals surface area (Å²) >= 11 is 8.05. The van der Waals surface area contributed by atoms with E-state index in [0.717, 1.165) is 47.6 Å². The summed E-state index contributed by atoms with van der Waals surface area (Å²) in [5.41, 5.74) is 1.58. The number of para-hydroxylation sites is 1. The number of anilines is 1. The smallest absolute Gasteiger partial charge is 0.231 e. The molecule has 1 aliphatic carbocycles. The van der Waals surface area contributed by atoms with Gasteiger partial charge in [-0.3, -0.25) is 4.79 Å². The molecule has 1 amide bonds. The van der Waals surface area contributed by atoms with E-state index >= 15 is 0 Å². The molecule has 0 bridgehead atoms. The Hall–Kier alpha value is -1.85. The topological polar surface area (TPSA) is 47.6 Å². The molecule has 1 N–H and O–H groups in total. The van der Waals surface area contributed by atoms with Gasteiger partial charge in [0.2, 0.25) is 12.7 Å². The van der Waals surface area contributed by atoms with Gasteiger partial charge >= 0.3 is 0 Å². The van der Waals surface area contributed by atoms with Gasteiger partial charge in [-0.25, -0.2) is 0 Å². The second kappa shape index (κ2) is 8.26. The minimum atomic E-state index is -0.267. The third-order valence-corrected chi connectivity index (χ3v) is 7.04. The van der Waals surface area contributed by atoms with E-state index in [9.17, 15) is 4.79 Å². The summed E-state index contributed by atoms with van der Waals surface area (Å²) in [4.78, 5) is 14.0. The van der Waals surface area contributed by atoms with Crippen molar-refractivity contribution in [3.05, 3.63) is 47.0 Å². The third-order valence-electron chi connectivity index (χ3n) is 5.57. The lowest BCUT2D eigenvalue weighted by Crippen LogP contribution is -2.35. The largest absolute Gasteiger partial charge is 0.454 e. The fraction of sp³-hybridized carbons (Fsp3) is 0.409. The van der Waals surface area contributed by atoms with Crippen LogP contribution in [0.25, 0.3) is 0 Å². The minimum Gasteiger partial charge on any atom is -0.454 e. The summed E-state index contributed by atoms with van der Waals surface area (Å²) < 4.78 is 10.8. The number of rotatable bonds is 5. The Morgan fingerprint density at radius 2 is 1.86 bits per heavy atom. The number of halogens is 1. The highest BCUT2D eigenvalue weighted by Crippen LogP contribution is 2.41. The van der Waals surface area contributed by atoms with Gasteiger partial charge in [0.15, 0.2) is 11.5 Å². The van der Waals surface area contributed by atoms with Crippen LogP contribution in [0.1, 0.15) is 44.6 Å². The number of carbonyl (C=O) groups excluding carboxylic acids is 1. The number of amides is 1. The van der Waals surface area contributed by atoms with Crippen LogP contribution in [0.2, 0.25) is 5.02 Å². The van der Waals surface area contributed by atoms with Gasteiger partial charge < -0.3 is 14.8 Å². The zero-order valence-corrected chi connectivity index (χ0v) is 17.5. The maximum atomic E-state index is 12.9. The number of hydrogen-bond donors (Lipinski definition) is 1. The lowest BCUT2D eigenvalue weighted by Gasteiger charge is -2.32. The van der Waals surface area contributed by atoms with E-state index in [0.29, 0.717) is 16.5 Å². The Morgan fingerprint density at radius 3 is 2.64 bits per heavy atom. The number of nitrogens with one attached hydrogen (secondary N) is 1. The monoisotopic (exact) mass is 417 g/mol. The molecule has 0 radical (unpaired) electrons. The lowest BCUT2D eigenvalue weighted by molar-refractivity contribution is -0.126. The predicted octanol–water partition coefficient (Wildman–Crippen LogP) is 6.27. The van der Waals surface area contributed by atoms with E-state index in [1.807, 2.05) is 30.3 Å². The molecule has 4 nitrogen and oxygen atoms in total. The van der Waals surface area contributed by atoms with Gasteiger partial charge in [0.25, 0.3) is 0 Å². The van der Waals surface area contributed by atoms with Crippen LogP contribution < -0.4 is 14.8 Å². The van der Waals surface area contributed by atoms with Gasteiger partial charge in [-0.05, 0) is 36.6 Å². The van der Waals surface area contributed by atoms with Crippen molar-refractivity contribution in [2.75, 3.05) is 12.1 Å². The average molecular weight is 418 g/mol. The fourth-order valence-electron chi connectivity index (χ4n) is 3.75. The fourth-order valence-corrected chi connectivity index (χ4v) is 5.05. The van der Waals surface area contributed by atoms with Crippen LogP contribution >= 0.6 is 23.4 Å². The molecule has 0 spiro atoms. The number of carbonyl (C=O) groups is 1. The van der Waals surface area contributed by atoms with Crippen LogP contribution in [-0.2, 0) is 10.5 Å². The first-order valence-corrected chi connectivity index (χ1v) is 11.0. The van der Waals surface area contributed by atoms with Crippen LogP contribution in [0.3, 0.4) is 0 Å². The summed E-state index contributed by atoms with van der Waals surface area (Å²) in [6.45, 7) is 2.32. The standard InChI is InChI=1S/C22H24ClNO3S/c1-22(9-5-2-6-10-22)21(25)24-17-7-3-4-8-20(17)28-13-15-11-18-19(12-16(15)23)27-14-26-18/h3-4,7-8,11-12H,2,5-6,9-10,13-14H2,1H3,(H,24,25). The van der Waals surface area contributed by atoms with Gasteiger partial charge in [-0.2, -0.15) is 0 Å². The molecule has 0 unspecified atom stereocenters. The highest BCUT2D eigenvalue weighted by Gasteiger charge is 2.34. The zero-order valence-electron chi connectivity index (χ0n) is 15.9. The summed E-state index contributed by atoms with van der Waals surface area (Å²) in [7, 11) is 0. The first-order valence-electron chi connectivity index (χ1n) is 9.66. The molecular formula is C22H24ClNO3S. The van der Waals surface area contributed by atoms with Crippen molar-refractivity contribution in [1.82, 2.24) is 0 Å². The Labute approximate surface area is 174 Å². The van der Waals surface area contributed by atoms with Crippen molar-refractivity contribution in [2.45, 2.75) is 49.7 Å². The molecule has 1 saturated carbocycles. The normalized spacial score (nSPS) is 17.4. The van der Waals surface area contributed by atoms with Crippen molar-refractivity contribution in [3.63, 3.8) is 0 Å². The van der Waals surface area contributed by atoms with Crippen molar-refractivity contribution in [1.29, 1.82) is 0 Å². The summed E-state index contributed by atoms with van der Waals surface area (Å²) in [6.07, 6.45) is 5.40. The molecule has 6 heteroatoms. The number of hydrogen-bond acceptors (Lipinski definition) is 4. The first-order chi connectivity index (χ1) is 13.5. The molecule has 1 fully saturated rings. The summed E-state index contributed by atoms with van der Waals surface area (Å²) in [5, 5.41) is 3.84. The molecule has 28 heavy (non-hydrogen) atoms. The highest BCUT2D eigenvalue weighted by molar-refractivity contribution is 7.98. The SMILES string of the molecule is CC1(C(=O)Nc2ccccc2SCc2cc3c(cc2Cl)OCO3)CCCCC1. The summed E-state index contributed by atoms with van der Waals surface area (Å²) in [5.74, 6) is 2.22. The Bertz CT molecular complexity index is 880. The van der Waals surface area contributed by atoms with E-state index in [1.54, 1.807) is 17.8 Å². The molecule has 0 saturated heterocycles. The molecular weight excluding hydrogens is 394 g/mol. The Balaban J connectivity index is 1.47. The van der Waals surface area contributed by atoms with Gasteiger partial charge in [0.1, 0.15) is 0 Å². The van der Waals surface area contributed by atoms with E-state index in [4.69, 9.17) is 21.1 Å². The van der Waals surface area contributed by atoms with Crippen molar-refractivity contribution in [3.8, 4) is 11.5 Å². The average Bonchev–Trinajstić information content (AvgIpc) is 3.14. The summed E-state index contributed by atoms with van der Waals surface area (Å²) in [6, 6.07) is 11.7. The van der Waals surface area contributed by atoms with Crippen molar-refractivity contribution < 1.29 is 14.3 Å². The van der Waals surface area contributed by atoms with Crippen LogP contribution in [-0.4, -0.2) is 12.7 Å². The van der Waals surface area contributed by atoms with Gasteiger partial charge in [0, 0.05) is 27.2 Å². The van der Waals surface area contributed by atoms with E-state index in [-0.39, 0.29) is 18.1 Å². The predicted molar refractivity (Wildman–Crippen MR) is 113 cm³/mol. The van der Waals surface area contributed by atoms with Gasteiger partial charge in [0.05, 0.1) is 5.69 Å². The quantitative estimate of drug-likeness (QED) is 0.582. The van der Waals surface area contributed by atoms with E-state index in [2.05, 4.69) is 12.2 Å². The second-order valence-electron chi connectivity index (χ2n) is 7.66. The minimum absolute atomic E-state index is 0.126. The van der Waals surface area contributed by atoms with E-state index < -0.39 is 0 Å². The highest BCUT2D eigenvalue weighted by atomic mass is 35.5. The molecule has 148 valence electrons. The van der Waals surface area contributed by atoms with Crippen LogP contribution in [0, 0.1) is 5.41 Å². The van der Waals surface area contributed by atoms with Gasteiger partial charge in [-0.15, -0.1) is 11.8 Å². The number of ether oxygens (including phenoxy) is 2. The van der Waals surface area contributed by atoms with Gasteiger partial charge in [-0.1, -0.05) is 49.9 Å². The third kappa shape index (κ3) is 4.11. The van der Waals surface area contributed by atoms with Crippen LogP contribution in [0.15, 0.2) is 41.3 Å². The van der Waals surface area contributed by atoms with Crippen molar-refractivity contribution in [2.24, 2.45) is 5.41 Å².